The molecular formula is C17H21N3O4S. The predicted octanol–water partition coefficient (Wildman–Crippen LogP) is 1.47. The molecule has 0 unspecified atom stereocenters. The summed E-state index contributed by atoms with van der Waals surface area (Å²) < 4.78 is 31.8. The average molecular weight is 363 g/mol. The summed E-state index contributed by atoms with van der Waals surface area (Å²) in [5.41, 5.74) is 0.755. The monoisotopic (exact) mass is 363 g/mol. The number of ether oxygens (including phenoxy) is 1. The number of carbonyl (C=O) groups excluding carboxylic acids is 1. The van der Waals surface area contributed by atoms with Crippen LogP contribution in [0.2, 0.25) is 0 Å². The molecular weight excluding hydrogens is 342 g/mol. The number of pyridine rings is 1. The normalized spacial score (nSPS) is 11.1. The summed E-state index contributed by atoms with van der Waals surface area (Å²) >= 11 is 0. The standard InChI is InChI=1S/C17H21N3O4S/c1-2-10-20-25(22,23)16-8-6-15(7-9-16)24-13-17(21)19-12-14-5-3-4-11-18-14/h3-9,11,20H,2,10,12-13H2,1H3,(H,19,21). The van der Waals surface area contributed by atoms with Gasteiger partial charge in [0.05, 0.1) is 17.1 Å². The van der Waals surface area contributed by atoms with Crippen molar-refractivity contribution < 1.29 is 17.9 Å². The zero-order valence-corrected chi connectivity index (χ0v) is 14.8. The van der Waals surface area contributed by atoms with Crippen molar-refractivity contribution >= 4 is 15.9 Å². The molecule has 25 heavy (non-hydrogen) atoms. The highest BCUT2D eigenvalue weighted by atomic mass is 32.2. The lowest BCUT2D eigenvalue weighted by Crippen LogP contribution is -2.28. The summed E-state index contributed by atoms with van der Waals surface area (Å²) in [6.45, 7) is 2.44. The van der Waals surface area contributed by atoms with Crippen molar-refractivity contribution in [2.24, 2.45) is 0 Å². The number of amides is 1. The van der Waals surface area contributed by atoms with Gasteiger partial charge >= 0.3 is 0 Å². The fourth-order valence-electron chi connectivity index (χ4n) is 1.93. The molecule has 0 saturated carbocycles. The van der Waals surface area contributed by atoms with Crippen molar-refractivity contribution in [1.82, 2.24) is 15.0 Å². The average Bonchev–Trinajstić information content (AvgIpc) is 2.64. The zero-order chi connectivity index (χ0) is 18.1. The van der Waals surface area contributed by atoms with E-state index in [1.54, 1.807) is 12.3 Å². The van der Waals surface area contributed by atoms with Crippen LogP contribution in [0.4, 0.5) is 0 Å². The maximum atomic E-state index is 12.0. The third-order valence-electron chi connectivity index (χ3n) is 3.24. The largest absolute Gasteiger partial charge is 0.484 e. The molecule has 0 atom stereocenters. The number of nitrogens with zero attached hydrogens (tertiary/aromatic N) is 1. The summed E-state index contributed by atoms with van der Waals surface area (Å²) in [5, 5.41) is 2.70. The van der Waals surface area contributed by atoms with Gasteiger partial charge in [0.1, 0.15) is 5.75 Å². The van der Waals surface area contributed by atoms with Crippen LogP contribution >= 0.6 is 0 Å². The molecule has 0 aliphatic heterocycles. The van der Waals surface area contributed by atoms with E-state index in [9.17, 15) is 13.2 Å². The van der Waals surface area contributed by atoms with E-state index in [1.807, 2.05) is 19.1 Å². The molecule has 1 amide bonds. The van der Waals surface area contributed by atoms with Crippen molar-refractivity contribution in [3.8, 4) is 5.75 Å². The van der Waals surface area contributed by atoms with E-state index >= 15 is 0 Å². The summed E-state index contributed by atoms with van der Waals surface area (Å²) in [4.78, 5) is 16.0. The first-order chi connectivity index (χ1) is 12.0. The molecule has 0 aliphatic rings. The molecule has 1 aromatic heterocycles. The Hall–Kier alpha value is -2.45. The summed E-state index contributed by atoms with van der Waals surface area (Å²) in [7, 11) is -3.50. The highest BCUT2D eigenvalue weighted by molar-refractivity contribution is 7.89. The molecule has 2 N–H and O–H groups in total. The van der Waals surface area contributed by atoms with E-state index < -0.39 is 10.0 Å². The van der Waals surface area contributed by atoms with E-state index in [1.165, 1.54) is 24.3 Å². The molecule has 0 aliphatic carbocycles. The first-order valence-corrected chi connectivity index (χ1v) is 9.38. The molecule has 0 bridgehead atoms. The van der Waals surface area contributed by atoms with E-state index in [0.29, 0.717) is 25.3 Å². The first-order valence-electron chi connectivity index (χ1n) is 7.90. The van der Waals surface area contributed by atoms with Gasteiger partial charge in [-0.2, -0.15) is 0 Å². The van der Waals surface area contributed by atoms with Gasteiger partial charge in [-0.3, -0.25) is 9.78 Å². The van der Waals surface area contributed by atoms with E-state index in [2.05, 4.69) is 15.0 Å². The summed E-state index contributed by atoms with van der Waals surface area (Å²) in [6.07, 6.45) is 2.37. The van der Waals surface area contributed by atoms with Gasteiger partial charge in [0.15, 0.2) is 6.61 Å². The number of carbonyl (C=O) groups is 1. The van der Waals surface area contributed by atoms with Crippen LogP contribution in [0.25, 0.3) is 0 Å². The fraction of sp³-hybridized carbons (Fsp3) is 0.294. The Morgan fingerprint density at radius 1 is 1.16 bits per heavy atom. The molecule has 0 fully saturated rings. The number of hydrogen-bond donors (Lipinski definition) is 2. The Labute approximate surface area is 147 Å². The van der Waals surface area contributed by atoms with Crippen LogP contribution < -0.4 is 14.8 Å². The minimum Gasteiger partial charge on any atom is -0.484 e. The molecule has 7 nitrogen and oxygen atoms in total. The van der Waals surface area contributed by atoms with Crippen molar-refractivity contribution in [1.29, 1.82) is 0 Å². The Bertz CT molecular complexity index is 777. The number of aromatic nitrogens is 1. The highest BCUT2D eigenvalue weighted by Gasteiger charge is 2.13. The third kappa shape index (κ3) is 6.17. The minimum atomic E-state index is -3.50. The first kappa shape index (κ1) is 18.9. The van der Waals surface area contributed by atoms with E-state index in [0.717, 1.165) is 5.69 Å². The third-order valence-corrected chi connectivity index (χ3v) is 4.72. The molecule has 8 heteroatoms. The molecule has 134 valence electrons. The van der Waals surface area contributed by atoms with Crippen LogP contribution in [0.15, 0.2) is 53.6 Å². The lowest BCUT2D eigenvalue weighted by molar-refractivity contribution is -0.123. The topological polar surface area (TPSA) is 97.4 Å². The van der Waals surface area contributed by atoms with E-state index in [4.69, 9.17) is 4.74 Å². The van der Waals surface area contributed by atoms with Crippen LogP contribution in [0.3, 0.4) is 0 Å². The summed E-state index contributed by atoms with van der Waals surface area (Å²) in [5.74, 6) is 0.134. The Balaban J connectivity index is 1.82. The number of hydrogen-bond acceptors (Lipinski definition) is 5. The highest BCUT2D eigenvalue weighted by Crippen LogP contribution is 2.15. The Morgan fingerprint density at radius 3 is 2.56 bits per heavy atom. The van der Waals surface area contributed by atoms with Crippen molar-refractivity contribution in [3.63, 3.8) is 0 Å². The van der Waals surface area contributed by atoms with Crippen molar-refractivity contribution in [3.05, 3.63) is 54.4 Å². The number of nitrogens with one attached hydrogen (secondary N) is 2. The van der Waals surface area contributed by atoms with Gasteiger partial charge in [-0.15, -0.1) is 0 Å². The van der Waals surface area contributed by atoms with Gasteiger partial charge in [-0.25, -0.2) is 13.1 Å². The lowest BCUT2D eigenvalue weighted by atomic mass is 10.3. The molecule has 1 heterocycles. The van der Waals surface area contributed by atoms with Crippen molar-refractivity contribution in [2.45, 2.75) is 24.8 Å². The van der Waals surface area contributed by atoms with Gasteiger partial charge in [0.25, 0.3) is 5.91 Å². The summed E-state index contributed by atoms with van der Waals surface area (Å²) in [6, 6.07) is 11.4. The second-order valence-corrected chi connectivity index (χ2v) is 7.02. The number of sulfonamides is 1. The smallest absolute Gasteiger partial charge is 0.258 e. The second-order valence-electron chi connectivity index (χ2n) is 5.26. The molecule has 0 spiro atoms. The molecule has 0 saturated heterocycles. The van der Waals surface area contributed by atoms with E-state index in [-0.39, 0.29) is 17.4 Å². The van der Waals surface area contributed by atoms with Gasteiger partial charge in [-0.1, -0.05) is 13.0 Å². The Morgan fingerprint density at radius 2 is 1.92 bits per heavy atom. The van der Waals surface area contributed by atoms with Gasteiger partial charge in [0, 0.05) is 12.7 Å². The zero-order valence-electron chi connectivity index (χ0n) is 13.9. The maximum Gasteiger partial charge on any atom is 0.258 e. The second kappa shape index (κ2) is 9.14. The molecule has 1 aromatic carbocycles. The van der Waals surface area contributed by atoms with Crippen LogP contribution in [0.1, 0.15) is 19.0 Å². The van der Waals surface area contributed by atoms with Crippen LogP contribution in [-0.2, 0) is 21.4 Å². The fourth-order valence-corrected chi connectivity index (χ4v) is 3.06. The minimum absolute atomic E-state index is 0.160. The predicted molar refractivity (Wildman–Crippen MR) is 93.5 cm³/mol. The number of rotatable bonds is 9. The molecule has 0 radical (unpaired) electrons. The lowest BCUT2D eigenvalue weighted by Gasteiger charge is -2.09. The van der Waals surface area contributed by atoms with Gasteiger partial charge in [0.2, 0.25) is 10.0 Å². The SMILES string of the molecule is CCCNS(=O)(=O)c1ccc(OCC(=O)NCc2ccccn2)cc1. The van der Waals surface area contributed by atoms with Gasteiger partial charge < -0.3 is 10.1 Å². The molecule has 2 aromatic rings. The van der Waals surface area contributed by atoms with Gasteiger partial charge in [-0.05, 0) is 42.8 Å². The quantitative estimate of drug-likeness (QED) is 0.703. The molecule has 2 rings (SSSR count). The van der Waals surface area contributed by atoms with Crippen LogP contribution in [0, 0.1) is 0 Å². The van der Waals surface area contributed by atoms with Crippen LogP contribution in [-0.4, -0.2) is 32.5 Å². The maximum absolute atomic E-state index is 12.0. The Kier molecular flexibility index (Phi) is 6.91. The van der Waals surface area contributed by atoms with Crippen molar-refractivity contribution in [2.75, 3.05) is 13.2 Å². The van der Waals surface area contributed by atoms with Crippen LogP contribution in [0.5, 0.6) is 5.75 Å². The number of benzene rings is 1.